The van der Waals surface area contributed by atoms with Crippen molar-refractivity contribution < 1.29 is 9.18 Å². The Bertz CT molecular complexity index is 403. The molecule has 2 rings (SSSR count). The molecule has 1 aliphatic heterocycles. The zero-order valence-corrected chi connectivity index (χ0v) is 9.04. The van der Waals surface area contributed by atoms with Crippen molar-refractivity contribution in [3.05, 3.63) is 17.5 Å². The number of amides is 1. The Balaban J connectivity index is 1.97. The molecule has 5 nitrogen and oxygen atoms in total. The van der Waals surface area contributed by atoms with Gasteiger partial charge in [0.15, 0.2) is 5.82 Å². The first-order valence-corrected chi connectivity index (χ1v) is 5.19. The van der Waals surface area contributed by atoms with E-state index >= 15 is 0 Å². The average molecular weight is 245 g/mol. The average Bonchev–Trinajstić information content (AvgIpc) is 2.65. The summed E-state index contributed by atoms with van der Waals surface area (Å²) in [5, 5.41) is 5.49. The number of alkyl halides is 1. The van der Waals surface area contributed by atoms with E-state index in [4.69, 9.17) is 11.6 Å². The fourth-order valence-corrected chi connectivity index (χ4v) is 1.66. The summed E-state index contributed by atoms with van der Waals surface area (Å²) >= 11 is 5.61. The van der Waals surface area contributed by atoms with Crippen LogP contribution in [0, 0.1) is 0 Å². The van der Waals surface area contributed by atoms with Crippen LogP contribution in [0.25, 0.3) is 0 Å². The molecule has 16 heavy (non-hydrogen) atoms. The van der Waals surface area contributed by atoms with Crippen LogP contribution < -0.4 is 10.6 Å². The fraction of sp³-hybridized carbons (Fsp3) is 0.444. The number of hydrogen-bond donors (Lipinski definition) is 2. The van der Waals surface area contributed by atoms with Crippen LogP contribution in [0.4, 0.5) is 10.2 Å². The summed E-state index contributed by atoms with van der Waals surface area (Å²) in [4.78, 5) is 19.2. The third-order valence-electron chi connectivity index (χ3n) is 2.25. The zero-order valence-electron chi connectivity index (χ0n) is 8.28. The lowest BCUT2D eigenvalue weighted by atomic mass is 10.2. The molecule has 2 heterocycles. The van der Waals surface area contributed by atoms with Crippen LogP contribution in [0.3, 0.4) is 0 Å². The largest absolute Gasteiger partial charge is 0.308 e. The Labute approximate surface area is 96.4 Å². The molecule has 0 unspecified atom stereocenters. The molecule has 1 saturated heterocycles. The van der Waals surface area contributed by atoms with Crippen LogP contribution in [0.5, 0.6) is 0 Å². The maximum absolute atomic E-state index is 12.8. The number of rotatable bonds is 2. The van der Waals surface area contributed by atoms with Gasteiger partial charge in [-0.15, -0.1) is 0 Å². The SMILES string of the molecule is O=C(Nc1cncc(Cl)n1)[C@@H]1C[C@@H](F)CN1. The monoisotopic (exact) mass is 244 g/mol. The number of anilines is 1. The van der Waals surface area contributed by atoms with E-state index in [0.29, 0.717) is 0 Å². The third kappa shape index (κ3) is 2.65. The summed E-state index contributed by atoms with van der Waals surface area (Å²) < 4.78 is 12.8. The van der Waals surface area contributed by atoms with Gasteiger partial charge in [0.1, 0.15) is 11.3 Å². The van der Waals surface area contributed by atoms with Gasteiger partial charge in [-0.05, 0) is 0 Å². The van der Waals surface area contributed by atoms with Crippen molar-refractivity contribution in [2.45, 2.75) is 18.6 Å². The van der Waals surface area contributed by atoms with Crippen molar-refractivity contribution in [2.75, 3.05) is 11.9 Å². The minimum absolute atomic E-state index is 0.180. The van der Waals surface area contributed by atoms with E-state index in [1.807, 2.05) is 0 Å². The molecule has 0 spiro atoms. The molecule has 2 N–H and O–H groups in total. The van der Waals surface area contributed by atoms with Crippen LogP contribution in [-0.2, 0) is 4.79 Å². The van der Waals surface area contributed by atoms with Gasteiger partial charge in [0.25, 0.3) is 0 Å². The lowest BCUT2D eigenvalue weighted by molar-refractivity contribution is -0.117. The van der Waals surface area contributed by atoms with Crippen molar-refractivity contribution in [1.29, 1.82) is 0 Å². The van der Waals surface area contributed by atoms with E-state index < -0.39 is 12.2 Å². The number of halogens is 2. The van der Waals surface area contributed by atoms with Crippen molar-refractivity contribution >= 4 is 23.3 Å². The maximum Gasteiger partial charge on any atom is 0.242 e. The van der Waals surface area contributed by atoms with Crippen LogP contribution in [0.15, 0.2) is 12.4 Å². The molecule has 86 valence electrons. The molecule has 1 amide bonds. The van der Waals surface area contributed by atoms with Gasteiger partial charge in [-0.3, -0.25) is 9.78 Å². The van der Waals surface area contributed by atoms with Gasteiger partial charge in [0.2, 0.25) is 5.91 Å². The summed E-state index contributed by atoms with van der Waals surface area (Å²) in [6.07, 6.45) is 1.95. The highest BCUT2D eigenvalue weighted by Gasteiger charge is 2.29. The number of carbonyl (C=O) groups excluding carboxylic acids is 1. The highest BCUT2D eigenvalue weighted by molar-refractivity contribution is 6.29. The Morgan fingerprint density at radius 3 is 3.06 bits per heavy atom. The van der Waals surface area contributed by atoms with Gasteiger partial charge >= 0.3 is 0 Å². The molecular formula is C9H10ClFN4O. The van der Waals surface area contributed by atoms with Gasteiger partial charge in [-0.2, -0.15) is 0 Å². The van der Waals surface area contributed by atoms with Gasteiger partial charge in [0, 0.05) is 13.0 Å². The highest BCUT2D eigenvalue weighted by atomic mass is 35.5. The number of aromatic nitrogens is 2. The van der Waals surface area contributed by atoms with Crippen molar-refractivity contribution in [3.63, 3.8) is 0 Å². The second kappa shape index (κ2) is 4.71. The number of hydrogen-bond acceptors (Lipinski definition) is 4. The molecule has 7 heteroatoms. The van der Waals surface area contributed by atoms with Crippen molar-refractivity contribution in [2.24, 2.45) is 0 Å². The smallest absolute Gasteiger partial charge is 0.242 e. The summed E-state index contributed by atoms with van der Waals surface area (Å²) in [6, 6.07) is -0.518. The van der Waals surface area contributed by atoms with Gasteiger partial charge in [0.05, 0.1) is 18.4 Å². The third-order valence-corrected chi connectivity index (χ3v) is 2.43. The first-order valence-electron chi connectivity index (χ1n) is 4.81. The molecule has 0 radical (unpaired) electrons. The van der Waals surface area contributed by atoms with Gasteiger partial charge in [-0.1, -0.05) is 11.6 Å². The van der Waals surface area contributed by atoms with Gasteiger partial charge < -0.3 is 10.6 Å². The predicted molar refractivity (Wildman–Crippen MR) is 57.0 cm³/mol. The molecule has 1 aliphatic rings. The normalized spacial score (nSPS) is 24.4. The molecule has 0 aliphatic carbocycles. The van der Waals surface area contributed by atoms with Crippen LogP contribution >= 0.6 is 11.6 Å². The summed E-state index contributed by atoms with van der Waals surface area (Å²) in [7, 11) is 0. The van der Waals surface area contributed by atoms with Crippen LogP contribution in [-0.4, -0.2) is 34.6 Å². The topological polar surface area (TPSA) is 66.9 Å². The Morgan fingerprint density at radius 2 is 2.44 bits per heavy atom. The molecule has 2 atom stereocenters. The molecule has 1 fully saturated rings. The first kappa shape index (κ1) is 11.2. The van der Waals surface area contributed by atoms with E-state index in [0.717, 1.165) is 0 Å². The Morgan fingerprint density at radius 1 is 1.62 bits per heavy atom. The van der Waals surface area contributed by atoms with Crippen molar-refractivity contribution in [3.8, 4) is 0 Å². The Kier molecular flexibility index (Phi) is 3.31. The van der Waals surface area contributed by atoms with E-state index in [9.17, 15) is 9.18 Å². The quantitative estimate of drug-likeness (QED) is 0.807. The minimum Gasteiger partial charge on any atom is -0.308 e. The fourth-order valence-electron chi connectivity index (χ4n) is 1.51. The molecule has 0 bridgehead atoms. The molecule has 0 saturated carbocycles. The zero-order chi connectivity index (χ0) is 11.5. The first-order chi connectivity index (χ1) is 7.65. The van der Waals surface area contributed by atoms with Gasteiger partial charge in [-0.25, -0.2) is 9.37 Å². The second-order valence-corrected chi connectivity index (χ2v) is 3.90. The Hall–Kier alpha value is -1.27. The van der Waals surface area contributed by atoms with E-state index in [1.54, 1.807) is 0 Å². The summed E-state index contributed by atoms with van der Waals surface area (Å²) in [6.45, 7) is 0.208. The summed E-state index contributed by atoms with van der Waals surface area (Å²) in [5.74, 6) is -0.0571. The second-order valence-electron chi connectivity index (χ2n) is 3.51. The molecule has 1 aromatic rings. The number of nitrogens with one attached hydrogen (secondary N) is 2. The lowest BCUT2D eigenvalue weighted by Gasteiger charge is -2.09. The minimum atomic E-state index is -0.971. The number of nitrogens with zero attached hydrogens (tertiary/aromatic N) is 2. The molecular weight excluding hydrogens is 235 g/mol. The highest BCUT2D eigenvalue weighted by Crippen LogP contribution is 2.12. The van der Waals surface area contributed by atoms with Crippen LogP contribution in [0.2, 0.25) is 5.15 Å². The standard InChI is InChI=1S/C9H10ClFN4O/c10-7-3-12-4-8(14-7)15-9(16)6-1-5(11)2-13-6/h3-6,13H,1-2H2,(H,14,15,16)/t5-,6+/m1/s1. The predicted octanol–water partition coefficient (Wildman–Crippen LogP) is 0.768. The number of carbonyl (C=O) groups is 1. The van der Waals surface area contributed by atoms with E-state index in [-0.39, 0.29) is 29.8 Å². The summed E-state index contributed by atoms with van der Waals surface area (Å²) in [5.41, 5.74) is 0. The lowest BCUT2D eigenvalue weighted by Crippen LogP contribution is -2.35. The van der Waals surface area contributed by atoms with Crippen molar-refractivity contribution in [1.82, 2.24) is 15.3 Å². The molecule has 0 aromatic carbocycles. The molecule has 1 aromatic heterocycles. The maximum atomic E-state index is 12.8. The van der Waals surface area contributed by atoms with Crippen LogP contribution in [0.1, 0.15) is 6.42 Å². The van der Waals surface area contributed by atoms with E-state index in [2.05, 4.69) is 20.6 Å². The van der Waals surface area contributed by atoms with E-state index in [1.165, 1.54) is 12.4 Å².